The highest BCUT2D eigenvalue weighted by Gasteiger charge is 2.21. The van der Waals surface area contributed by atoms with Crippen LogP contribution in [0.15, 0.2) is 47.5 Å². The second-order valence-electron chi connectivity index (χ2n) is 6.07. The molecule has 0 aliphatic rings. The molecule has 0 radical (unpaired) electrons. The summed E-state index contributed by atoms with van der Waals surface area (Å²) in [5, 5.41) is 0. The molecule has 8 nitrogen and oxygen atoms in total. The van der Waals surface area contributed by atoms with Crippen molar-refractivity contribution in [1.82, 2.24) is 20.7 Å². The third kappa shape index (κ3) is 4.93. The molecular formula is C18H23N5O3. The van der Waals surface area contributed by atoms with E-state index in [0.717, 1.165) is 5.56 Å². The molecule has 0 spiro atoms. The van der Waals surface area contributed by atoms with E-state index in [-0.39, 0.29) is 23.7 Å². The zero-order chi connectivity index (χ0) is 19.1. The second kappa shape index (κ2) is 8.82. The Morgan fingerprint density at radius 3 is 2.62 bits per heavy atom. The molecular weight excluding hydrogens is 334 g/mol. The van der Waals surface area contributed by atoms with Gasteiger partial charge in [0.25, 0.3) is 5.91 Å². The van der Waals surface area contributed by atoms with Gasteiger partial charge >= 0.3 is 0 Å². The Hall–Kier alpha value is -3.13. The first-order valence-corrected chi connectivity index (χ1v) is 8.18. The molecule has 0 fully saturated rings. The maximum Gasteiger partial charge on any atom is 0.259 e. The van der Waals surface area contributed by atoms with Crippen molar-refractivity contribution in [3.63, 3.8) is 0 Å². The van der Waals surface area contributed by atoms with Gasteiger partial charge in [0.05, 0.1) is 11.6 Å². The Labute approximate surface area is 151 Å². The van der Waals surface area contributed by atoms with Crippen LogP contribution < -0.4 is 22.0 Å². The number of rotatable bonds is 7. The van der Waals surface area contributed by atoms with Crippen LogP contribution in [0.2, 0.25) is 0 Å². The van der Waals surface area contributed by atoms with Gasteiger partial charge in [-0.1, -0.05) is 37.3 Å². The number of aromatic amines is 1. The first kappa shape index (κ1) is 19.2. The third-order valence-electron chi connectivity index (χ3n) is 3.89. The Morgan fingerprint density at radius 1 is 1.23 bits per heavy atom. The van der Waals surface area contributed by atoms with E-state index in [0.29, 0.717) is 6.54 Å². The van der Waals surface area contributed by atoms with Crippen LogP contribution in [-0.2, 0) is 11.3 Å². The molecule has 2 rings (SSSR count). The Morgan fingerprint density at radius 2 is 1.92 bits per heavy atom. The first-order chi connectivity index (χ1) is 12.4. The molecule has 1 atom stereocenters. The number of nitrogens with zero attached hydrogens (tertiary/aromatic N) is 1. The third-order valence-corrected chi connectivity index (χ3v) is 3.89. The molecule has 8 heteroatoms. The van der Waals surface area contributed by atoms with Gasteiger partial charge < -0.3 is 15.6 Å². The fourth-order valence-electron chi connectivity index (χ4n) is 2.39. The number of carbonyl (C=O) groups is 2. The second-order valence-corrected chi connectivity index (χ2v) is 6.07. The van der Waals surface area contributed by atoms with Gasteiger partial charge in [0, 0.05) is 32.5 Å². The predicted octanol–water partition coefficient (Wildman–Crippen LogP) is 0.486. The molecule has 2 amide bonds. The van der Waals surface area contributed by atoms with E-state index in [4.69, 9.17) is 5.73 Å². The summed E-state index contributed by atoms with van der Waals surface area (Å²) in [6, 6.07) is 9.64. The van der Waals surface area contributed by atoms with Crippen molar-refractivity contribution >= 4 is 17.5 Å². The number of amides is 2. The highest BCUT2D eigenvalue weighted by atomic mass is 16.2. The summed E-state index contributed by atoms with van der Waals surface area (Å²) < 4.78 is 0. The van der Waals surface area contributed by atoms with Crippen LogP contribution in [0, 0.1) is 5.92 Å². The monoisotopic (exact) mass is 357 g/mol. The highest BCUT2D eigenvalue weighted by molar-refractivity contribution is 5.94. The van der Waals surface area contributed by atoms with E-state index < -0.39 is 17.3 Å². The van der Waals surface area contributed by atoms with Gasteiger partial charge in [0.2, 0.25) is 11.3 Å². The van der Waals surface area contributed by atoms with E-state index >= 15 is 0 Å². The summed E-state index contributed by atoms with van der Waals surface area (Å²) in [5.74, 6) is -1.20. The predicted molar refractivity (Wildman–Crippen MR) is 99.0 cm³/mol. The van der Waals surface area contributed by atoms with Crippen molar-refractivity contribution in [2.45, 2.75) is 13.5 Å². The molecule has 0 aliphatic carbocycles. The van der Waals surface area contributed by atoms with E-state index in [1.54, 1.807) is 6.92 Å². The number of H-pyrrole nitrogens is 1. The number of pyridine rings is 1. The standard InChI is InChI=1S/C18H23N5O3/c1-12(17(25)22-21-8-13-6-4-3-5-7-13)11-23(2)18(26)14-9-20-10-15(19)16(14)24/h3-7,9-10,12,21H,8,11,19H2,1-2H3,(H,20,24)(H,22,25). The molecule has 0 bridgehead atoms. The molecule has 1 aromatic heterocycles. The smallest absolute Gasteiger partial charge is 0.259 e. The van der Waals surface area contributed by atoms with Crippen molar-refractivity contribution in [2.24, 2.45) is 5.92 Å². The summed E-state index contributed by atoms with van der Waals surface area (Å²) in [7, 11) is 1.53. The van der Waals surface area contributed by atoms with Gasteiger partial charge in [-0.05, 0) is 5.56 Å². The molecule has 5 N–H and O–H groups in total. The van der Waals surface area contributed by atoms with Gasteiger partial charge in [0.1, 0.15) is 5.56 Å². The fraction of sp³-hybridized carbons (Fsp3) is 0.278. The maximum absolute atomic E-state index is 12.4. The minimum absolute atomic E-state index is 0.0276. The Kier molecular flexibility index (Phi) is 6.51. The minimum Gasteiger partial charge on any atom is -0.394 e. The molecule has 138 valence electrons. The number of hydrogen-bond acceptors (Lipinski definition) is 5. The molecule has 1 aromatic carbocycles. The van der Waals surface area contributed by atoms with Gasteiger partial charge in [-0.25, -0.2) is 5.43 Å². The highest BCUT2D eigenvalue weighted by Crippen LogP contribution is 2.04. The van der Waals surface area contributed by atoms with Crippen LogP contribution >= 0.6 is 0 Å². The van der Waals surface area contributed by atoms with Crippen LogP contribution in [0.1, 0.15) is 22.8 Å². The number of carbonyl (C=O) groups excluding carboxylic acids is 2. The molecule has 1 unspecified atom stereocenters. The Bertz CT molecular complexity index is 819. The topological polar surface area (TPSA) is 120 Å². The van der Waals surface area contributed by atoms with E-state index in [1.165, 1.54) is 24.3 Å². The first-order valence-electron chi connectivity index (χ1n) is 8.18. The van der Waals surface area contributed by atoms with Crippen molar-refractivity contribution in [2.75, 3.05) is 19.3 Å². The van der Waals surface area contributed by atoms with Crippen molar-refractivity contribution in [1.29, 1.82) is 0 Å². The average Bonchev–Trinajstić information content (AvgIpc) is 2.64. The van der Waals surface area contributed by atoms with Crippen LogP contribution in [0.5, 0.6) is 0 Å². The summed E-state index contributed by atoms with van der Waals surface area (Å²) >= 11 is 0. The zero-order valence-corrected chi connectivity index (χ0v) is 14.8. The molecule has 1 heterocycles. The SMILES string of the molecule is CC(CN(C)C(=O)c1c[nH]cc(N)c1=O)C(=O)NNCc1ccccc1. The summed E-state index contributed by atoms with van der Waals surface area (Å²) in [6.07, 6.45) is 2.64. The number of aromatic nitrogens is 1. The summed E-state index contributed by atoms with van der Waals surface area (Å²) in [4.78, 5) is 40.4. The lowest BCUT2D eigenvalue weighted by atomic mass is 10.1. The van der Waals surface area contributed by atoms with E-state index in [9.17, 15) is 14.4 Å². The zero-order valence-electron chi connectivity index (χ0n) is 14.8. The molecule has 26 heavy (non-hydrogen) atoms. The quantitative estimate of drug-likeness (QED) is 0.538. The van der Waals surface area contributed by atoms with Crippen molar-refractivity contribution < 1.29 is 9.59 Å². The van der Waals surface area contributed by atoms with Gasteiger partial charge in [0.15, 0.2) is 0 Å². The van der Waals surface area contributed by atoms with Gasteiger partial charge in [-0.15, -0.1) is 0 Å². The summed E-state index contributed by atoms with van der Waals surface area (Å²) in [6.45, 7) is 2.35. The molecule has 2 aromatic rings. The number of anilines is 1. The fourth-order valence-corrected chi connectivity index (χ4v) is 2.39. The normalized spacial score (nSPS) is 11.6. The number of nitrogens with two attached hydrogens (primary N) is 1. The number of hydrogen-bond donors (Lipinski definition) is 4. The lowest BCUT2D eigenvalue weighted by Gasteiger charge is -2.21. The number of benzene rings is 1. The number of nitrogens with one attached hydrogen (secondary N) is 3. The van der Waals surface area contributed by atoms with Crippen LogP contribution in [-0.4, -0.2) is 35.3 Å². The summed E-state index contributed by atoms with van der Waals surface area (Å²) in [5.41, 5.74) is 11.4. The van der Waals surface area contributed by atoms with E-state index in [1.807, 2.05) is 30.3 Å². The van der Waals surface area contributed by atoms with Crippen LogP contribution in [0.4, 0.5) is 5.69 Å². The maximum atomic E-state index is 12.4. The van der Waals surface area contributed by atoms with Crippen LogP contribution in [0.25, 0.3) is 0 Å². The van der Waals surface area contributed by atoms with Crippen molar-refractivity contribution in [3.8, 4) is 0 Å². The van der Waals surface area contributed by atoms with E-state index in [2.05, 4.69) is 15.8 Å². The average molecular weight is 357 g/mol. The number of nitrogen functional groups attached to an aromatic ring is 1. The lowest BCUT2D eigenvalue weighted by molar-refractivity contribution is -0.125. The Balaban J connectivity index is 1.86. The lowest BCUT2D eigenvalue weighted by Crippen LogP contribution is -2.44. The molecule has 0 saturated carbocycles. The van der Waals surface area contributed by atoms with Crippen LogP contribution in [0.3, 0.4) is 0 Å². The molecule has 0 saturated heterocycles. The minimum atomic E-state index is -0.526. The van der Waals surface area contributed by atoms with Gasteiger partial charge in [-0.3, -0.25) is 19.8 Å². The largest absolute Gasteiger partial charge is 0.394 e. The van der Waals surface area contributed by atoms with Gasteiger partial charge in [-0.2, -0.15) is 0 Å². The van der Waals surface area contributed by atoms with Crippen molar-refractivity contribution in [3.05, 3.63) is 64.1 Å². The number of hydrazine groups is 1. The molecule has 0 aliphatic heterocycles.